The topological polar surface area (TPSA) is 29.1 Å². The molecular weight excluding hydrogens is 290 g/mol. The Morgan fingerprint density at radius 1 is 1.09 bits per heavy atom. The molecule has 2 nitrogen and oxygen atoms in total. The van der Waals surface area contributed by atoms with Gasteiger partial charge in [-0.25, -0.2) is 0 Å². The van der Waals surface area contributed by atoms with Gasteiger partial charge in [-0.1, -0.05) is 60.2 Å². The van der Waals surface area contributed by atoms with Gasteiger partial charge < -0.3 is 5.32 Å². The molecule has 116 valence electrons. The summed E-state index contributed by atoms with van der Waals surface area (Å²) in [5.41, 5.74) is 3.79. The second-order valence-electron chi connectivity index (χ2n) is 5.47. The average molecular weight is 313 g/mol. The van der Waals surface area contributed by atoms with Crippen LogP contribution < -0.4 is 5.32 Å². The molecule has 1 amide bonds. The summed E-state index contributed by atoms with van der Waals surface area (Å²) in [6, 6.07) is 18.7. The SMILES string of the molecule is Cc1cccc(CS[C@H](C)C(=O)NCCc2ccccc2)c1. The predicted molar refractivity (Wildman–Crippen MR) is 95.1 cm³/mol. The summed E-state index contributed by atoms with van der Waals surface area (Å²) in [5, 5.41) is 2.99. The van der Waals surface area contributed by atoms with E-state index in [9.17, 15) is 4.79 Å². The maximum atomic E-state index is 12.1. The van der Waals surface area contributed by atoms with E-state index >= 15 is 0 Å². The van der Waals surface area contributed by atoms with Crippen LogP contribution in [0.2, 0.25) is 0 Å². The summed E-state index contributed by atoms with van der Waals surface area (Å²) < 4.78 is 0. The number of thioether (sulfide) groups is 1. The highest BCUT2D eigenvalue weighted by atomic mass is 32.2. The summed E-state index contributed by atoms with van der Waals surface area (Å²) in [7, 11) is 0. The molecule has 0 fully saturated rings. The summed E-state index contributed by atoms with van der Waals surface area (Å²) in [4.78, 5) is 12.1. The minimum absolute atomic E-state index is 0.0312. The highest BCUT2D eigenvalue weighted by Crippen LogP contribution is 2.18. The molecule has 22 heavy (non-hydrogen) atoms. The van der Waals surface area contributed by atoms with E-state index in [0.29, 0.717) is 6.54 Å². The van der Waals surface area contributed by atoms with Gasteiger partial charge in [0, 0.05) is 12.3 Å². The number of carbonyl (C=O) groups excluding carboxylic acids is 1. The minimum atomic E-state index is -0.0312. The van der Waals surface area contributed by atoms with Crippen LogP contribution in [-0.4, -0.2) is 17.7 Å². The highest BCUT2D eigenvalue weighted by Gasteiger charge is 2.12. The van der Waals surface area contributed by atoms with E-state index < -0.39 is 0 Å². The molecule has 0 unspecified atom stereocenters. The average Bonchev–Trinajstić information content (AvgIpc) is 2.53. The lowest BCUT2D eigenvalue weighted by molar-refractivity contribution is -0.120. The van der Waals surface area contributed by atoms with Crippen LogP contribution in [0.5, 0.6) is 0 Å². The zero-order chi connectivity index (χ0) is 15.8. The van der Waals surface area contributed by atoms with Crippen molar-refractivity contribution in [3.05, 3.63) is 71.3 Å². The first-order valence-corrected chi connectivity index (χ1v) is 8.69. The number of hydrogen-bond donors (Lipinski definition) is 1. The van der Waals surface area contributed by atoms with Gasteiger partial charge in [0.15, 0.2) is 0 Å². The van der Waals surface area contributed by atoms with Crippen molar-refractivity contribution in [3.8, 4) is 0 Å². The standard InChI is InChI=1S/C19H23NOS/c1-15-7-6-10-18(13-15)14-22-16(2)19(21)20-12-11-17-8-4-3-5-9-17/h3-10,13,16H,11-12,14H2,1-2H3,(H,20,21)/t16-/m1/s1. The van der Waals surface area contributed by atoms with Gasteiger partial charge in [-0.05, 0) is 31.4 Å². The fourth-order valence-corrected chi connectivity index (χ4v) is 3.07. The van der Waals surface area contributed by atoms with Crippen molar-refractivity contribution in [2.75, 3.05) is 6.54 Å². The minimum Gasteiger partial charge on any atom is -0.355 e. The normalized spacial score (nSPS) is 11.9. The van der Waals surface area contributed by atoms with Crippen molar-refractivity contribution < 1.29 is 4.79 Å². The van der Waals surface area contributed by atoms with Gasteiger partial charge in [0.25, 0.3) is 0 Å². The Morgan fingerprint density at radius 2 is 1.82 bits per heavy atom. The van der Waals surface area contributed by atoms with Gasteiger partial charge in [0.1, 0.15) is 0 Å². The maximum Gasteiger partial charge on any atom is 0.232 e. The molecule has 0 aliphatic rings. The fraction of sp³-hybridized carbons (Fsp3) is 0.316. The summed E-state index contributed by atoms with van der Waals surface area (Å²) in [6.45, 7) is 4.75. The lowest BCUT2D eigenvalue weighted by atomic mass is 10.1. The molecule has 0 saturated carbocycles. The van der Waals surface area contributed by atoms with Crippen molar-refractivity contribution in [3.63, 3.8) is 0 Å². The molecule has 0 saturated heterocycles. The van der Waals surface area contributed by atoms with E-state index in [-0.39, 0.29) is 11.2 Å². The van der Waals surface area contributed by atoms with E-state index in [4.69, 9.17) is 0 Å². The first kappa shape index (κ1) is 16.6. The number of rotatable bonds is 7. The molecule has 0 heterocycles. The summed E-state index contributed by atoms with van der Waals surface area (Å²) >= 11 is 1.68. The first-order valence-electron chi connectivity index (χ1n) is 7.64. The molecule has 2 rings (SSSR count). The van der Waals surface area contributed by atoms with E-state index in [1.54, 1.807) is 11.8 Å². The number of aryl methyl sites for hydroxylation is 1. The van der Waals surface area contributed by atoms with E-state index in [0.717, 1.165) is 12.2 Å². The third-order valence-electron chi connectivity index (χ3n) is 3.51. The van der Waals surface area contributed by atoms with Crippen LogP contribution in [0.4, 0.5) is 0 Å². The van der Waals surface area contributed by atoms with Gasteiger partial charge in [-0.15, -0.1) is 11.8 Å². The molecule has 0 aromatic heterocycles. The van der Waals surface area contributed by atoms with Crippen LogP contribution in [0.25, 0.3) is 0 Å². The van der Waals surface area contributed by atoms with E-state index in [1.165, 1.54) is 16.7 Å². The number of benzene rings is 2. The van der Waals surface area contributed by atoms with Gasteiger partial charge >= 0.3 is 0 Å². The number of carbonyl (C=O) groups is 1. The molecule has 1 N–H and O–H groups in total. The van der Waals surface area contributed by atoms with Crippen molar-refractivity contribution in [1.82, 2.24) is 5.32 Å². The lowest BCUT2D eigenvalue weighted by Crippen LogP contribution is -2.32. The van der Waals surface area contributed by atoms with Crippen molar-refractivity contribution >= 4 is 17.7 Å². The van der Waals surface area contributed by atoms with Crippen LogP contribution in [0.15, 0.2) is 54.6 Å². The van der Waals surface area contributed by atoms with Gasteiger partial charge in [-0.2, -0.15) is 0 Å². The van der Waals surface area contributed by atoms with Gasteiger partial charge in [0.2, 0.25) is 5.91 Å². The molecule has 0 bridgehead atoms. The van der Waals surface area contributed by atoms with Crippen molar-refractivity contribution in [2.24, 2.45) is 0 Å². The highest BCUT2D eigenvalue weighted by molar-refractivity contribution is 7.99. The Morgan fingerprint density at radius 3 is 2.55 bits per heavy atom. The zero-order valence-corrected chi connectivity index (χ0v) is 14.0. The third kappa shape index (κ3) is 5.57. The Kier molecular flexibility index (Phi) is 6.53. The molecule has 2 aromatic rings. The van der Waals surface area contributed by atoms with Crippen LogP contribution in [-0.2, 0) is 17.0 Å². The second kappa shape index (κ2) is 8.64. The van der Waals surface area contributed by atoms with Crippen LogP contribution in [0.3, 0.4) is 0 Å². The number of nitrogens with one attached hydrogen (secondary N) is 1. The van der Waals surface area contributed by atoms with Gasteiger partial charge in [0.05, 0.1) is 5.25 Å². The van der Waals surface area contributed by atoms with Crippen LogP contribution in [0.1, 0.15) is 23.6 Å². The quantitative estimate of drug-likeness (QED) is 0.838. The zero-order valence-electron chi connectivity index (χ0n) is 13.2. The summed E-state index contributed by atoms with van der Waals surface area (Å²) in [6.07, 6.45) is 0.877. The fourth-order valence-electron chi connectivity index (χ4n) is 2.22. The molecular formula is C19H23NOS. The van der Waals surface area contributed by atoms with Crippen molar-refractivity contribution in [1.29, 1.82) is 0 Å². The van der Waals surface area contributed by atoms with Gasteiger partial charge in [-0.3, -0.25) is 4.79 Å². The smallest absolute Gasteiger partial charge is 0.232 e. The largest absolute Gasteiger partial charge is 0.355 e. The molecule has 0 spiro atoms. The van der Waals surface area contributed by atoms with E-state index in [1.807, 2.05) is 25.1 Å². The Hall–Kier alpha value is -1.74. The monoisotopic (exact) mass is 313 g/mol. The number of amides is 1. The van der Waals surface area contributed by atoms with Crippen LogP contribution in [0, 0.1) is 6.92 Å². The molecule has 3 heteroatoms. The number of hydrogen-bond acceptors (Lipinski definition) is 2. The lowest BCUT2D eigenvalue weighted by Gasteiger charge is -2.12. The third-order valence-corrected chi connectivity index (χ3v) is 4.72. The van der Waals surface area contributed by atoms with E-state index in [2.05, 4.69) is 48.6 Å². The molecule has 2 aromatic carbocycles. The second-order valence-corrected chi connectivity index (χ2v) is 6.80. The Bertz CT molecular complexity index is 597. The van der Waals surface area contributed by atoms with Crippen LogP contribution >= 0.6 is 11.8 Å². The molecule has 0 radical (unpaired) electrons. The molecule has 0 aliphatic carbocycles. The molecule has 1 atom stereocenters. The summed E-state index contributed by atoms with van der Waals surface area (Å²) in [5.74, 6) is 0.989. The Labute approximate surface area is 137 Å². The first-order chi connectivity index (χ1) is 10.6. The molecule has 0 aliphatic heterocycles. The maximum absolute atomic E-state index is 12.1. The Balaban J connectivity index is 1.70. The predicted octanol–water partition coefficient (Wildman–Crippen LogP) is 3.98. The van der Waals surface area contributed by atoms with Crippen molar-refractivity contribution in [2.45, 2.75) is 31.3 Å².